The number of anilines is 3. The maximum Gasteiger partial charge on any atom is 0.274 e. The first-order valence-corrected chi connectivity index (χ1v) is 12.4. The number of rotatable bonds is 8. The molecule has 0 radical (unpaired) electrons. The van der Waals surface area contributed by atoms with Crippen molar-refractivity contribution in [3.05, 3.63) is 46.5 Å². The van der Waals surface area contributed by atoms with Crippen molar-refractivity contribution in [3.8, 4) is 0 Å². The average Bonchev–Trinajstić information content (AvgIpc) is 3.31. The fourth-order valence-electron chi connectivity index (χ4n) is 5.15. The largest absolute Gasteiger partial charge is 0.381 e. The molecule has 2 saturated carbocycles. The Labute approximate surface area is 209 Å². The minimum absolute atomic E-state index is 0.0252. The van der Waals surface area contributed by atoms with Gasteiger partial charge in [0.2, 0.25) is 0 Å². The minimum atomic E-state index is -0.254. The van der Waals surface area contributed by atoms with Crippen LogP contribution in [0.25, 0.3) is 5.65 Å². The number of ether oxygens (including phenoxy) is 2. The van der Waals surface area contributed by atoms with E-state index in [-0.39, 0.29) is 35.8 Å². The summed E-state index contributed by atoms with van der Waals surface area (Å²) < 4.78 is 14.3. The smallest absolute Gasteiger partial charge is 0.274 e. The molecule has 0 aliphatic heterocycles. The lowest BCUT2D eigenvalue weighted by molar-refractivity contribution is 0.00732. The number of methoxy groups -OCH3 is 2. The number of hydrogen-bond donors (Lipinski definition) is 3. The Morgan fingerprint density at radius 2 is 2.03 bits per heavy atom. The highest BCUT2D eigenvalue weighted by Crippen LogP contribution is 2.29. The van der Waals surface area contributed by atoms with E-state index < -0.39 is 0 Å². The van der Waals surface area contributed by atoms with E-state index in [2.05, 4.69) is 26.0 Å². The number of amides is 1. The summed E-state index contributed by atoms with van der Waals surface area (Å²) in [6, 6.07) is 5.43. The van der Waals surface area contributed by atoms with Crippen LogP contribution in [0.1, 0.15) is 54.9 Å². The van der Waals surface area contributed by atoms with Crippen molar-refractivity contribution in [2.45, 2.75) is 62.8 Å². The van der Waals surface area contributed by atoms with Crippen molar-refractivity contribution in [1.29, 1.82) is 0 Å². The molecule has 0 bridgehead atoms. The zero-order chi connectivity index (χ0) is 25.2. The third-order valence-corrected chi connectivity index (χ3v) is 7.37. The molecule has 0 aromatic carbocycles. The fraction of sp³-hybridized carbons (Fsp3) is 0.520. The molecular formula is C25H33N7O4. The number of aromatic nitrogens is 4. The van der Waals surface area contributed by atoms with E-state index in [1.807, 2.05) is 12.3 Å². The van der Waals surface area contributed by atoms with Gasteiger partial charge in [0.15, 0.2) is 5.65 Å². The molecule has 0 spiro atoms. The van der Waals surface area contributed by atoms with Crippen LogP contribution in [-0.2, 0) is 9.47 Å². The van der Waals surface area contributed by atoms with Crippen molar-refractivity contribution in [2.24, 2.45) is 0 Å². The van der Waals surface area contributed by atoms with Gasteiger partial charge in [-0.15, -0.1) is 0 Å². The van der Waals surface area contributed by atoms with Crippen LogP contribution < -0.4 is 21.5 Å². The van der Waals surface area contributed by atoms with Gasteiger partial charge in [-0.3, -0.25) is 9.59 Å². The second kappa shape index (κ2) is 10.3. The van der Waals surface area contributed by atoms with Crippen molar-refractivity contribution in [1.82, 2.24) is 24.5 Å². The normalized spacial score (nSPS) is 23.8. The third-order valence-electron chi connectivity index (χ3n) is 7.37. The van der Waals surface area contributed by atoms with Crippen LogP contribution >= 0.6 is 0 Å². The third kappa shape index (κ3) is 4.56. The molecule has 0 saturated heterocycles. The number of pyridine rings is 1. The lowest BCUT2D eigenvalue weighted by Gasteiger charge is -2.35. The van der Waals surface area contributed by atoms with E-state index in [4.69, 9.17) is 9.47 Å². The molecule has 192 valence electrons. The number of fused-ring (bicyclic) bond motifs is 1. The summed E-state index contributed by atoms with van der Waals surface area (Å²) in [6.07, 6.45) is 9.12. The van der Waals surface area contributed by atoms with Crippen molar-refractivity contribution >= 4 is 28.9 Å². The molecule has 2 fully saturated rings. The van der Waals surface area contributed by atoms with Gasteiger partial charge in [0, 0.05) is 39.6 Å². The van der Waals surface area contributed by atoms with Gasteiger partial charge in [0.05, 0.1) is 24.4 Å². The summed E-state index contributed by atoms with van der Waals surface area (Å²) in [6.45, 7) is 0. The first-order chi connectivity index (χ1) is 17.5. The summed E-state index contributed by atoms with van der Waals surface area (Å²) in [5, 5.41) is 13.6. The summed E-state index contributed by atoms with van der Waals surface area (Å²) in [4.78, 5) is 31.0. The minimum Gasteiger partial charge on any atom is -0.381 e. The van der Waals surface area contributed by atoms with Gasteiger partial charge in [-0.2, -0.15) is 9.61 Å². The monoisotopic (exact) mass is 495 g/mol. The van der Waals surface area contributed by atoms with E-state index in [0.717, 1.165) is 38.5 Å². The van der Waals surface area contributed by atoms with Crippen LogP contribution in [0.3, 0.4) is 0 Å². The van der Waals surface area contributed by atoms with Gasteiger partial charge in [0.1, 0.15) is 22.9 Å². The molecule has 11 heteroatoms. The molecule has 2 aliphatic carbocycles. The van der Waals surface area contributed by atoms with Crippen molar-refractivity contribution in [2.75, 3.05) is 31.9 Å². The molecule has 0 unspecified atom stereocenters. The molecule has 11 nitrogen and oxygen atoms in total. The molecule has 3 aromatic heterocycles. The SMILES string of the molecule is CNc1cc(Nc2cccn([C@H]3CCC[C@@H](OC)C3)c2=O)nc2c(C(=O)N[C@@H]3CC[C@H]3OC)cnn12. The highest BCUT2D eigenvalue weighted by molar-refractivity contribution is 6.00. The van der Waals surface area contributed by atoms with Crippen LogP contribution in [0.2, 0.25) is 0 Å². The van der Waals surface area contributed by atoms with Gasteiger partial charge in [-0.05, 0) is 50.7 Å². The topological polar surface area (TPSA) is 124 Å². The van der Waals surface area contributed by atoms with E-state index in [1.165, 1.54) is 6.20 Å². The Morgan fingerprint density at radius 1 is 1.17 bits per heavy atom. The Balaban J connectivity index is 1.43. The van der Waals surface area contributed by atoms with Crippen LogP contribution in [-0.4, -0.2) is 64.6 Å². The van der Waals surface area contributed by atoms with Gasteiger partial charge in [0.25, 0.3) is 11.5 Å². The maximum absolute atomic E-state index is 13.4. The first kappa shape index (κ1) is 24.3. The number of carbonyl (C=O) groups excluding carboxylic acids is 1. The zero-order valence-electron chi connectivity index (χ0n) is 20.9. The highest BCUT2D eigenvalue weighted by Gasteiger charge is 2.33. The van der Waals surface area contributed by atoms with Crippen molar-refractivity contribution in [3.63, 3.8) is 0 Å². The van der Waals surface area contributed by atoms with E-state index in [1.54, 1.807) is 42.5 Å². The van der Waals surface area contributed by atoms with Gasteiger partial charge < -0.3 is 30.0 Å². The predicted molar refractivity (Wildman–Crippen MR) is 136 cm³/mol. The average molecular weight is 496 g/mol. The Kier molecular flexibility index (Phi) is 6.92. The van der Waals surface area contributed by atoms with Gasteiger partial charge in [-0.25, -0.2) is 4.98 Å². The maximum atomic E-state index is 13.4. The fourth-order valence-corrected chi connectivity index (χ4v) is 5.15. The molecule has 4 atom stereocenters. The number of carbonyl (C=O) groups is 1. The van der Waals surface area contributed by atoms with Crippen molar-refractivity contribution < 1.29 is 14.3 Å². The molecule has 1 amide bonds. The standard InChI is InChI=1S/C25H33N7O4/c1-26-22-13-21(28-19-8-5-11-31(25(19)34)15-6-4-7-16(12-15)35-2)30-23-17(14-27-32(22)23)24(33)29-18-9-10-20(18)36-3/h5,8,11,13-16,18,20,26H,4,6-7,9-10,12H2,1-3H3,(H,28,30)(H,29,33)/t15-,16+,18+,20+/m0/s1. The summed E-state index contributed by atoms with van der Waals surface area (Å²) >= 11 is 0. The van der Waals surface area contributed by atoms with Crippen LogP contribution in [0.4, 0.5) is 17.3 Å². The van der Waals surface area contributed by atoms with E-state index in [9.17, 15) is 9.59 Å². The molecule has 5 rings (SSSR count). The van der Waals surface area contributed by atoms with Crippen LogP contribution in [0.15, 0.2) is 35.4 Å². The Bertz CT molecular complexity index is 1300. The lowest BCUT2D eigenvalue weighted by atomic mass is 9.89. The number of nitrogens with zero attached hydrogens (tertiary/aromatic N) is 4. The molecule has 3 heterocycles. The molecule has 3 N–H and O–H groups in total. The van der Waals surface area contributed by atoms with E-state index >= 15 is 0 Å². The number of hydrogen-bond acceptors (Lipinski definition) is 8. The Morgan fingerprint density at radius 3 is 2.75 bits per heavy atom. The summed E-state index contributed by atoms with van der Waals surface area (Å²) in [5.41, 5.74) is 1.05. The molecule has 3 aromatic rings. The first-order valence-electron chi connectivity index (χ1n) is 12.4. The van der Waals surface area contributed by atoms with E-state index in [0.29, 0.717) is 28.5 Å². The lowest BCUT2D eigenvalue weighted by Crippen LogP contribution is -2.51. The molecule has 36 heavy (non-hydrogen) atoms. The Hall–Kier alpha value is -3.44. The molecular weight excluding hydrogens is 462 g/mol. The summed E-state index contributed by atoms with van der Waals surface area (Å²) in [7, 11) is 5.14. The second-order valence-electron chi connectivity index (χ2n) is 9.44. The second-order valence-corrected chi connectivity index (χ2v) is 9.44. The highest BCUT2D eigenvalue weighted by atomic mass is 16.5. The quantitative estimate of drug-likeness (QED) is 0.436. The predicted octanol–water partition coefficient (Wildman–Crippen LogP) is 2.71. The number of nitrogens with one attached hydrogen (secondary N) is 3. The van der Waals surface area contributed by atoms with Gasteiger partial charge >= 0.3 is 0 Å². The van der Waals surface area contributed by atoms with Gasteiger partial charge in [-0.1, -0.05) is 0 Å². The van der Waals surface area contributed by atoms with Crippen LogP contribution in [0, 0.1) is 0 Å². The molecule has 2 aliphatic rings. The summed E-state index contributed by atoms with van der Waals surface area (Å²) in [5.74, 6) is 0.815. The zero-order valence-corrected chi connectivity index (χ0v) is 20.9. The van der Waals surface area contributed by atoms with Crippen LogP contribution in [0.5, 0.6) is 0 Å².